The number of benzene rings is 3. The van der Waals surface area contributed by atoms with Crippen LogP contribution in [-0.4, -0.2) is 51.9 Å². The SMILES string of the molecule is CC[C@H](C(=O)NC)N(Cc1ccc(OC)cc1)C(=O)CN(c1ccc(F)c(Cl)c1)S(=O)(=O)c1ccccc1. The third kappa shape index (κ3) is 6.62. The first kappa shape index (κ1) is 28.9. The normalized spacial score (nSPS) is 11.9. The molecule has 0 radical (unpaired) electrons. The standard InChI is InChI=1S/C27H29ClFN3O5S/c1-4-25(27(34)30-2)31(17-19-10-13-21(37-3)14-11-19)26(33)18-32(20-12-15-24(29)23(28)16-20)38(35,36)22-8-6-5-7-9-22/h5-16,25H,4,17-18H2,1-3H3,(H,30,34)/t25-/m1/s1. The van der Waals surface area contributed by atoms with Gasteiger partial charge in [-0.05, 0) is 54.4 Å². The number of carbonyl (C=O) groups excluding carboxylic acids is 2. The lowest BCUT2D eigenvalue weighted by molar-refractivity contribution is -0.140. The largest absolute Gasteiger partial charge is 0.497 e. The van der Waals surface area contributed by atoms with Gasteiger partial charge in [-0.2, -0.15) is 0 Å². The highest BCUT2D eigenvalue weighted by atomic mass is 35.5. The molecular formula is C27H29ClFN3O5S. The molecule has 0 saturated carbocycles. The predicted molar refractivity (Wildman–Crippen MR) is 144 cm³/mol. The highest BCUT2D eigenvalue weighted by Crippen LogP contribution is 2.28. The van der Waals surface area contributed by atoms with Crippen molar-refractivity contribution in [2.24, 2.45) is 0 Å². The fraction of sp³-hybridized carbons (Fsp3) is 0.259. The Kier molecular flexibility index (Phi) is 9.71. The number of amides is 2. The highest BCUT2D eigenvalue weighted by Gasteiger charge is 2.33. The van der Waals surface area contributed by atoms with E-state index < -0.39 is 40.2 Å². The molecule has 0 saturated heterocycles. The molecule has 0 spiro atoms. The first-order chi connectivity index (χ1) is 18.1. The molecule has 0 unspecified atom stereocenters. The molecule has 0 heterocycles. The lowest BCUT2D eigenvalue weighted by Gasteiger charge is -2.33. The molecule has 8 nitrogen and oxygen atoms in total. The summed E-state index contributed by atoms with van der Waals surface area (Å²) in [5.41, 5.74) is 0.717. The second-order valence-electron chi connectivity index (χ2n) is 8.33. The Balaban J connectivity index is 2.06. The number of halogens is 2. The van der Waals surface area contributed by atoms with Gasteiger partial charge in [-0.3, -0.25) is 13.9 Å². The van der Waals surface area contributed by atoms with Gasteiger partial charge in [0.25, 0.3) is 10.0 Å². The molecular weight excluding hydrogens is 533 g/mol. The van der Waals surface area contributed by atoms with Gasteiger partial charge in [0.2, 0.25) is 11.8 Å². The van der Waals surface area contributed by atoms with Crippen LogP contribution in [0, 0.1) is 5.82 Å². The van der Waals surface area contributed by atoms with Crippen LogP contribution in [-0.2, 0) is 26.2 Å². The van der Waals surface area contributed by atoms with E-state index in [1.165, 1.54) is 37.3 Å². The molecule has 202 valence electrons. The second kappa shape index (κ2) is 12.7. The van der Waals surface area contributed by atoms with E-state index in [-0.39, 0.29) is 28.6 Å². The quantitative estimate of drug-likeness (QED) is 0.378. The van der Waals surface area contributed by atoms with Crippen LogP contribution >= 0.6 is 11.6 Å². The Morgan fingerprint density at radius 2 is 1.71 bits per heavy atom. The summed E-state index contributed by atoms with van der Waals surface area (Å²) in [5, 5.41) is 2.27. The monoisotopic (exact) mass is 561 g/mol. The van der Waals surface area contributed by atoms with E-state index in [2.05, 4.69) is 5.32 Å². The van der Waals surface area contributed by atoms with Crippen molar-refractivity contribution in [1.29, 1.82) is 0 Å². The Morgan fingerprint density at radius 1 is 1.05 bits per heavy atom. The van der Waals surface area contributed by atoms with E-state index in [4.69, 9.17) is 16.3 Å². The smallest absolute Gasteiger partial charge is 0.264 e. The molecule has 11 heteroatoms. The summed E-state index contributed by atoms with van der Waals surface area (Å²) in [6, 6.07) is 17.1. The zero-order valence-electron chi connectivity index (χ0n) is 21.2. The number of nitrogens with zero attached hydrogens (tertiary/aromatic N) is 2. The summed E-state index contributed by atoms with van der Waals surface area (Å²) < 4.78 is 47.3. The lowest BCUT2D eigenvalue weighted by atomic mass is 10.1. The molecule has 3 aromatic rings. The topological polar surface area (TPSA) is 96.0 Å². The Hall–Kier alpha value is -3.63. The van der Waals surface area contributed by atoms with Gasteiger partial charge < -0.3 is 15.0 Å². The van der Waals surface area contributed by atoms with E-state index in [1.807, 2.05) is 0 Å². The first-order valence-corrected chi connectivity index (χ1v) is 13.6. The number of nitrogens with one attached hydrogen (secondary N) is 1. The van der Waals surface area contributed by atoms with Crippen molar-refractivity contribution in [2.45, 2.75) is 30.8 Å². The summed E-state index contributed by atoms with van der Waals surface area (Å²) in [4.78, 5) is 27.8. The minimum atomic E-state index is -4.26. The average Bonchev–Trinajstić information content (AvgIpc) is 2.93. The molecule has 0 aliphatic heterocycles. The maximum Gasteiger partial charge on any atom is 0.264 e. The van der Waals surface area contributed by atoms with Crippen molar-refractivity contribution in [3.8, 4) is 5.75 Å². The third-order valence-corrected chi connectivity index (χ3v) is 8.02. The number of ether oxygens (including phenoxy) is 1. The maximum atomic E-state index is 13.9. The summed E-state index contributed by atoms with van der Waals surface area (Å²) in [5.74, 6) is -1.13. The second-order valence-corrected chi connectivity index (χ2v) is 10.6. The van der Waals surface area contributed by atoms with Crippen LogP contribution in [0.4, 0.5) is 10.1 Å². The van der Waals surface area contributed by atoms with Crippen molar-refractivity contribution in [1.82, 2.24) is 10.2 Å². The molecule has 3 rings (SSSR count). The molecule has 3 aromatic carbocycles. The van der Waals surface area contributed by atoms with Crippen LogP contribution in [0.1, 0.15) is 18.9 Å². The number of sulfonamides is 1. The number of anilines is 1. The summed E-state index contributed by atoms with van der Waals surface area (Å²) >= 11 is 5.96. The summed E-state index contributed by atoms with van der Waals surface area (Å²) in [6.07, 6.45) is 0.287. The maximum absolute atomic E-state index is 13.9. The van der Waals surface area contributed by atoms with E-state index in [9.17, 15) is 22.4 Å². The van der Waals surface area contributed by atoms with Crippen molar-refractivity contribution in [2.75, 3.05) is 25.0 Å². The molecule has 0 aromatic heterocycles. The number of hydrogen-bond acceptors (Lipinski definition) is 5. The van der Waals surface area contributed by atoms with Gasteiger partial charge in [0.05, 0.1) is 22.7 Å². The first-order valence-electron chi connectivity index (χ1n) is 11.8. The van der Waals surface area contributed by atoms with Crippen LogP contribution in [0.3, 0.4) is 0 Å². The van der Waals surface area contributed by atoms with Gasteiger partial charge in [0, 0.05) is 13.6 Å². The van der Waals surface area contributed by atoms with Crippen molar-refractivity contribution < 1.29 is 27.1 Å². The van der Waals surface area contributed by atoms with Gasteiger partial charge in [-0.1, -0.05) is 48.9 Å². The zero-order chi connectivity index (χ0) is 27.9. The molecule has 0 aliphatic rings. The van der Waals surface area contributed by atoms with Crippen LogP contribution in [0.2, 0.25) is 5.02 Å². The van der Waals surface area contributed by atoms with Crippen molar-refractivity contribution in [3.63, 3.8) is 0 Å². The van der Waals surface area contributed by atoms with E-state index in [0.717, 1.165) is 16.4 Å². The molecule has 1 N–H and O–H groups in total. The van der Waals surface area contributed by atoms with Gasteiger partial charge in [-0.15, -0.1) is 0 Å². The fourth-order valence-electron chi connectivity index (χ4n) is 3.90. The number of carbonyl (C=O) groups is 2. The number of methoxy groups -OCH3 is 1. The molecule has 2 amide bonds. The fourth-order valence-corrected chi connectivity index (χ4v) is 5.50. The summed E-state index contributed by atoms with van der Waals surface area (Å²) in [7, 11) is -1.26. The Morgan fingerprint density at radius 3 is 2.26 bits per heavy atom. The minimum absolute atomic E-state index is 0.00555. The van der Waals surface area contributed by atoms with Crippen LogP contribution in [0.5, 0.6) is 5.75 Å². The minimum Gasteiger partial charge on any atom is -0.497 e. The number of rotatable bonds is 11. The van der Waals surface area contributed by atoms with E-state index in [0.29, 0.717) is 11.3 Å². The molecule has 0 bridgehead atoms. The number of hydrogen-bond donors (Lipinski definition) is 1. The molecule has 1 atom stereocenters. The summed E-state index contributed by atoms with van der Waals surface area (Å²) in [6.45, 7) is 1.15. The highest BCUT2D eigenvalue weighted by molar-refractivity contribution is 7.92. The molecule has 0 fully saturated rings. The van der Waals surface area contributed by atoms with Crippen LogP contribution < -0.4 is 14.4 Å². The Bertz CT molecular complexity index is 1370. The average molecular weight is 562 g/mol. The zero-order valence-corrected chi connectivity index (χ0v) is 22.8. The van der Waals surface area contributed by atoms with Crippen molar-refractivity contribution >= 4 is 39.1 Å². The molecule has 0 aliphatic carbocycles. The van der Waals surface area contributed by atoms with Crippen LogP contribution in [0.15, 0.2) is 77.7 Å². The van der Waals surface area contributed by atoms with Crippen LogP contribution in [0.25, 0.3) is 0 Å². The predicted octanol–water partition coefficient (Wildman–Crippen LogP) is 4.24. The van der Waals surface area contributed by atoms with Gasteiger partial charge in [0.15, 0.2) is 0 Å². The van der Waals surface area contributed by atoms with Gasteiger partial charge >= 0.3 is 0 Å². The lowest BCUT2D eigenvalue weighted by Crippen LogP contribution is -2.51. The van der Waals surface area contributed by atoms with Crippen molar-refractivity contribution in [3.05, 3.63) is 89.2 Å². The van der Waals surface area contributed by atoms with E-state index >= 15 is 0 Å². The molecule has 38 heavy (non-hydrogen) atoms. The van der Waals surface area contributed by atoms with E-state index in [1.54, 1.807) is 49.4 Å². The van der Waals surface area contributed by atoms with Gasteiger partial charge in [-0.25, -0.2) is 12.8 Å². The van der Waals surface area contributed by atoms with Gasteiger partial charge in [0.1, 0.15) is 24.2 Å². The third-order valence-electron chi connectivity index (χ3n) is 5.95. The number of likely N-dealkylation sites (N-methyl/N-ethyl adjacent to an activating group) is 1. The Labute approximate surface area is 227 Å².